The van der Waals surface area contributed by atoms with Gasteiger partial charge in [0, 0.05) is 6.42 Å². The lowest BCUT2D eigenvalue weighted by atomic mass is 9.96. The zero-order valence-electron chi connectivity index (χ0n) is 8.82. The minimum absolute atomic E-state index is 0.0469. The third kappa shape index (κ3) is 7.73. The second-order valence-electron chi connectivity index (χ2n) is 3.54. The zero-order chi connectivity index (χ0) is 11.7. The fourth-order valence-corrected chi connectivity index (χ4v) is 1.40. The predicted octanol–water partition coefficient (Wildman–Crippen LogP) is 2.30. The van der Waals surface area contributed by atoms with Crippen LogP contribution in [0.2, 0.25) is 0 Å². The van der Waals surface area contributed by atoms with E-state index >= 15 is 0 Å². The third-order valence-corrected chi connectivity index (χ3v) is 2.25. The number of carboxylic acid groups (broad SMARTS) is 2. The normalized spacial score (nSPS) is 12.0. The quantitative estimate of drug-likeness (QED) is 0.456. The highest BCUT2D eigenvalue weighted by molar-refractivity contribution is 5.70. The number of rotatable bonds is 9. The lowest BCUT2D eigenvalue weighted by Gasteiger charge is -2.10. The minimum Gasteiger partial charge on any atom is -0.481 e. The highest BCUT2D eigenvalue weighted by Gasteiger charge is 2.16. The summed E-state index contributed by atoms with van der Waals surface area (Å²) >= 11 is 0. The molecule has 4 heteroatoms. The Morgan fingerprint density at radius 2 is 1.80 bits per heavy atom. The first-order valence-electron chi connectivity index (χ1n) is 5.13. The lowest BCUT2D eigenvalue weighted by molar-refractivity contribution is -0.143. The Kier molecular flexibility index (Phi) is 7.32. The highest BCUT2D eigenvalue weighted by atomic mass is 16.4. The van der Waals surface area contributed by atoms with Gasteiger partial charge in [0.25, 0.3) is 0 Å². The predicted molar refractivity (Wildman–Crippen MR) is 56.7 cm³/mol. The van der Waals surface area contributed by atoms with Gasteiger partial charge in [0.2, 0.25) is 0 Å². The van der Waals surface area contributed by atoms with Crippen molar-refractivity contribution in [2.75, 3.05) is 0 Å². The highest BCUT2D eigenvalue weighted by Crippen LogP contribution is 2.16. The standard InChI is InChI=1S/C11H18O4/c1-2-3-4-6-9(11(14)15)7-5-8-10(12)13/h2,9H,1,3-8H2,(H,12,13)(H,14,15). The summed E-state index contributed by atoms with van der Waals surface area (Å²) in [5, 5.41) is 17.3. The Labute approximate surface area is 89.6 Å². The molecule has 0 radical (unpaired) electrons. The van der Waals surface area contributed by atoms with E-state index in [4.69, 9.17) is 10.2 Å². The van der Waals surface area contributed by atoms with E-state index in [-0.39, 0.29) is 6.42 Å². The smallest absolute Gasteiger partial charge is 0.306 e. The fraction of sp³-hybridized carbons (Fsp3) is 0.636. The minimum atomic E-state index is -0.870. The maximum atomic E-state index is 10.8. The molecule has 0 aliphatic carbocycles. The van der Waals surface area contributed by atoms with Crippen molar-refractivity contribution in [1.29, 1.82) is 0 Å². The summed E-state index contributed by atoms with van der Waals surface area (Å²) in [6.45, 7) is 3.56. The van der Waals surface area contributed by atoms with Crippen LogP contribution in [-0.2, 0) is 9.59 Å². The molecule has 4 nitrogen and oxygen atoms in total. The molecule has 1 unspecified atom stereocenters. The van der Waals surface area contributed by atoms with Crippen molar-refractivity contribution in [3.05, 3.63) is 12.7 Å². The average molecular weight is 214 g/mol. The maximum absolute atomic E-state index is 10.8. The molecule has 0 rings (SSSR count). The van der Waals surface area contributed by atoms with Gasteiger partial charge < -0.3 is 10.2 Å². The first kappa shape index (κ1) is 13.7. The van der Waals surface area contributed by atoms with Gasteiger partial charge in [0.05, 0.1) is 5.92 Å². The summed E-state index contributed by atoms with van der Waals surface area (Å²) in [5.74, 6) is -2.11. The van der Waals surface area contributed by atoms with Gasteiger partial charge in [-0.25, -0.2) is 0 Å². The van der Waals surface area contributed by atoms with Crippen molar-refractivity contribution in [3.63, 3.8) is 0 Å². The molecule has 0 saturated heterocycles. The van der Waals surface area contributed by atoms with Gasteiger partial charge >= 0.3 is 11.9 Å². The number of unbranched alkanes of at least 4 members (excludes halogenated alkanes) is 1. The number of carboxylic acids is 2. The van der Waals surface area contributed by atoms with E-state index in [9.17, 15) is 9.59 Å². The fourth-order valence-electron chi connectivity index (χ4n) is 1.40. The van der Waals surface area contributed by atoms with E-state index in [2.05, 4.69) is 6.58 Å². The van der Waals surface area contributed by atoms with Crippen molar-refractivity contribution >= 4 is 11.9 Å². The Morgan fingerprint density at radius 1 is 1.20 bits per heavy atom. The molecule has 0 fully saturated rings. The van der Waals surface area contributed by atoms with Gasteiger partial charge in [-0.1, -0.05) is 6.08 Å². The van der Waals surface area contributed by atoms with Gasteiger partial charge in [-0.2, -0.15) is 0 Å². The molecular weight excluding hydrogens is 196 g/mol. The maximum Gasteiger partial charge on any atom is 0.306 e. The molecule has 0 bridgehead atoms. The van der Waals surface area contributed by atoms with Crippen LogP contribution in [0.5, 0.6) is 0 Å². The molecule has 2 N–H and O–H groups in total. The van der Waals surface area contributed by atoms with Crippen molar-refractivity contribution in [3.8, 4) is 0 Å². The second kappa shape index (κ2) is 8.03. The summed E-state index contributed by atoms with van der Waals surface area (Å²) in [5.41, 5.74) is 0. The second-order valence-corrected chi connectivity index (χ2v) is 3.54. The van der Waals surface area contributed by atoms with Crippen LogP contribution in [-0.4, -0.2) is 22.2 Å². The Balaban J connectivity index is 3.78. The van der Waals surface area contributed by atoms with E-state index in [1.807, 2.05) is 0 Å². The van der Waals surface area contributed by atoms with Crippen LogP contribution in [0.4, 0.5) is 0 Å². The molecule has 0 aliphatic heterocycles. The molecule has 0 aromatic heterocycles. The molecule has 0 saturated carbocycles. The molecule has 0 aromatic carbocycles. The summed E-state index contributed by atoms with van der Waals surface area (Å²) in [6, 6.07) is 0. The number of aliphatic carboxylic acids is 2. The van der Waals surface area contributed by atoms with Gasteiger partial charge in [0.15, 0.2) is 0 Å². The van der Waals surface area contributed by atoms with Crippen LogP contribution in [0.15, 0.2) is 12.7 Å². The number of allylic oxidation sites excluding steroid dienone is 1. The van der Waals surface area contributed by atoms with Gasteiger partial charge in [-0.3, -0.25) is 9.59 Å². The van der Waals surface area contributed by atoms with Crippen LogP contribution >= 0.6 is 0 Å². The molecule has 15 heavy (non-hydrogen) atoms. The Morgan fingerprint density at radius 3 is 2.27 bits per heavy atom. The molecular formula is C11H18O4. The summed E-state index contributed by atoms with van der Waals surface area (Å²) in [4.78, 5) is 21.0. The topological polar surface area (TPSA) is 74.6 Å². The average Bonchev–Trinajstić information content (AvgIpc) is 2.15. The Bertz CT molecular complexity index is 223. The number of hydrogen-bond acceptors (Lipinski definition) is 2. The van der Waals surface area contributed by atoms with E-state index < -0.39 is 17.9 Å². The van der Waals surface area contributed by atoms with Gasteiger partial charge in [0.1, 0.15) is 0 Å². The van der Waals surface area contributed by atoms with Crippen LogP contribution in [0.1, 0.15) is 38.5 Å². The SMILES string of the molecule is C=CCCCC(CCCC(=O)O)C(=O)O. The van der Waals surface area contributed by atoms with E-state index in [0.29, 0.717) is 19.3 Å². The van der Waals surface area contributed by atoms with Crippen molar-refractivity contribution < 1.29 is 19.8 Å². The van der Waals surface area contributed by atoms with Crippen molar-refractivity contribution in [2.24, 2.45) is 5.92 Å². The first-order chi connectivity index (χ1) is 7.07. The molecule has 0 spiro atoms. The molecule has 0 heterocycles. The van der Waals surface area contributed by atoms with E-state index in [0.717, 1.165) is 12.8 Å². The monoisotopic (exact) mass is 214 g/mol. The number of carbonyl (C=O) groups is 2. The van der Waals surface area contributed by atoms with Crippen molar-refractivity contribution in [2.45, 2.75) is 38.5 Å². The third-order valence-electron chi connectivity index (χ3n) is 2.25. The molecule has 0 amide bonds. The zero-order valence-corrected chi connectivity index (χ0v) is 8.82. The molecule has 0 aliphatic rings. The largest absolute Gasteiger partial charge is 0.481 e. The van der Waals surface area contributed by atoms with Gasteiger partial charge in [-0.05, 0) is 32.1 Å². The van der Waals surface area contributed by atoms with Crippen LogP contribution in [0.25, 0.3) is 0 Å². The summed E-state index contributed by atoms with van der Waals surface area (Å²) in [6.07, 6.45) is 4.89. The summed E-state index contributed by atoms with van der Waals surface area (Å²) in [7, 11) is 0. The first-order valence-corrected chi connectivity index (χ1v) is 5.13. The molecule has 0 aromatic rings. The summed E-state index contributed by atoms with van der Waals surface area (Å²) < 4.78 is 0. The van der Waals surface area contributed by atoms with Crippen LogP contribution < -0.4 is 0 Å². The van der Waals surface area contributed by atoms with Crippen LogP contribution in [0, 0.1) is 5.92 Å². The van der Waals surface area contributed by atoms with E-state index in [1.54, 1.807) is 6.08 Å². The molecule has 1 atom stereocenters. The lowest BCUT2D eigenvalue weighted by Crippen LogP contribution is -2.14. The molecule has 86 valence electrons. The Hall–Kier alpha value is -1.32. The van der Waals surface area contributed by atoms with Crippen LogP contribution in [0.3, 0.4) is 0 Å². The van der Waals surface area contributed by atoms with E-state index in [1.165, 1.54) is 0 Å². The number of hydrogen-bond donors (Lipinski definition) is 2. The van der Waals surface area contributed by atoms with Crippen molar-refractivity contribution in [1.82, 2.24) is 0 Å². The van der Waals surface area contributed by atoms with Gasteiger partial charge in [-0.15, -0.1) is 6.58 Å².